The Kier molecular flexibility index (Phi) is 6.35. The fourth-order valence-electron chi connectivity index (χ4n) is 3.23. The van der Waals surface area contributed by atoms with Crippen molar-refractivity contribution in [1.29, 1.82) is 0 Å². The summed E-state index contributed by atoms with van der Waals surface area (Å²) in [5, 5.41) is 10.6. The fourth-order valence-corrected chi connectivity index (χ4v) is 3.85. The normalized spacial score (nSPS) is 14.5. The molecular formula is C24H16Cl2N2O5. The zero-order valence-electron chi connectivity index (χ0n) is 16.9. The second-order valence-corrected chi connectivity index (χ2v) is 7.90. The predicted octanol–water partition coefficient (Wildman–Crippen LogP) is 4.73. The third-order valence-corrected chi connectivity index (χ3v) is 5.36. The third kappa shape index (κ3) is 4.84. The SMILES string of the molecule is O=C1NN(c2ccccc2)C(=O)/C1=C\c1cc(Cl)c(OCc2cccc(C(=O)O)c2)c(Cl)c1. The largest absolute Gasteiger partial charge is 0.486 e. The lowest BCUT2D eigenvalue weighted by atomic mass is 10.1. The van der Waals surface area contributed by atoms with Gasteiger partial charge in [-0.15, -0.1) is 0 Å². The molecule has 3 aromatic rings. The minimum Gasteiger partial charge on any atom is -0.486 e. The van der Waals surface area contributed by atoms with Gasteiger partial charge in [-0.05, 0) is 53.6 Å². The molecule has 7 nitrogen and oxygen atoms in total. The number of benzene rings is 3. The summed E-state index contributed by atoms with van der Waals surface area (Å²) in [6.45, 7) is 0.0495. The van der Waals surface area contributed by atoms with Crippen LogP contribution < -0.4 is 15.2 Å². The van der Waals surface area contributed by atoms with Crippen molar-refractivity contribution in [1.82, 2.24) is 5.43 Å². The molecule has 0 aromatic heterocycles. The molecule has 4 rings (SSSR count). The van der Waals surface area contributed by atoms with Crippen LogP contribution in [0.1, 0.15) is 21.5 Å². The van der Waals surface area contributed by atoms with E-state index >= 15 is 0 Å². The maximum absolute atomic E-state index is 12.7. The molecular weight excluding hydrogens is 467 g/mol. The van der Waals surface area contributed by atoms with E-state index in [0.29, 0.717) is 16.8 Å². The second kappa shape index (κ2) is 9.36. The summed E-state index contributed by atoms with van der Waals surface area (Å²) in [6, 6.07) is 18.1. The molecule has 0 unspecified atom stereocenters. The van der Waals surface area contributed by atoms with Crippen LogP contribution in [0.25, 0.3) is 6.08 Å². The molecule has 1 aliphatic heterocycles. The highest BCUT2D eigenvalue weighted by Crippen LogP contribution is 2.36. The Balaban J connectivity index is 1.54. The number of nitrogens with one attached hydrogen (secondary N) is 1. The summed E-state index contributed by atoms with van der Waals surface area (Å²) >= 11 is 12.7. The van der Waals surface area contributed by atoms with Crippen LogP contribution in [0, 0.1) is 0 Å². The van der Waals surface area contributed by atoms with E-state index in [1.165, 1.54) is 35.4 Å². The Morgan fingerprint density at radius 1 is 1.00 bits per heavy atom. The van der Waals surface area contributed by atoms with Crippen LogP contribution in [0.3, 0.4) is 0 Å². The number of aromatic carboxylic acids is 1. The van der Waals surface area contributed by atoms with Gasteiger partial charge in [-0.25, -0.2) is 9.80 Å². The van der Waals surface area contributed by atoms with Crippen LogP contribution in [-0.2, 0) is 16.2 Å². The highest BCUT2D eigenvalue weighted by atomic mass is 35.5. The molecule has 3 aromatic carbocycles. The monoisotopic (exact) mass is 482 g/mol. The lowest BCUT2D eigenvalue weighted by molar-refractivity contribution is -0.117. The Bertz CT molecular complexity index is 1270. The average Bonchev–Trinajstić information content (AvgIpc) is 3.07. The van der Waals surface area contributed by atoms with Gasteiger partial charge in [0, 0.05) is 0 Å². The van der Waals surface area contributed by atoms with Crippen LogP contribution in [0.5, 0.6) is 5.75 Å². The summed E-state index contributed by atoms with van der Waals surface area (Å²) in [5.74, 6) is -1.89. The van der Waals surface area contributed by atoms with Crippen molar-refractivity contribution in [3.63, 3.8) is 0 Å². The van der Waals surface area contributed by atoms with Gasteiger partial charge in [0.25, 0.3) is 11.8 Å². The minimum absolute atomic E-state index is 0.0495. The molecule has 0 radical (unpaired) electrons. The number of carboxylic acids is 1. The van der Waals surface area contributed by atoms with Gasteiger partial charge in [0.1, 0.15) is 12.2 Å². The summed E-state index contributed by atoms with van der Waals surface area (Å²) in [5.41, 5.74) is 4.20. The number of hydrogen-bond acceptors (Lipinski definition) is 4. The van der Waals surface area contributed by atoms with Crippen molar-refractivity contribution in [2.75, 3.05) is 5.01 Å². The first-order chi connectivity index (χ1) is 15.8. The van der Waals surface area contributed by atoms with Gasteiger partial charge in [-0.3, -0.25) is 15.0 Å². The van der Waals surface area contributed by atoms with Gasteiger partial charge in [0.2, 0.25) is 0 Å². The van der Waals surface area contributed by atoms with E-state index in [9.17, 15) is 14.4 Å². The highest BCUT2D eigenvalue weighted by Gasteiger charge is 2.34. The third-order valence-electron chi connectivity index (χ3n) is 4.79. The number of ether oxygens (including phenoxy) is 1. The van der Waals surface area contributed by atoms with Gasteiger partial charge in [-0.2, -0.15) is 0 Å². The fraction of sp³-hybridized carbons (Fsp3) is 0.0417. The van der Waals surface area contributed by atoms with Crippen LogP contribution in [0.4, 0.5) is 5.69 Å². The van der Waals surface area contributed by atoms with Crippen LogP contribution in [0.15, 0.2) is 72.3 Å². The first-order valence-corrected chi connectivity index (χ1v) is 10.5. The van der Waals surface area contributed by atoms with Gasteiger partial charge in [-0.1, -0.05) is 53.5 Å². The van der Waals surface area contributed by atoms with Crippen LogP contribution >= 0.6 is 23.2 Å². The quantitative estimate of drug-likeness (QED) is 0.391. The van der Waals surface area contributed by atoms with Gasteiger partial charge >= 0.3 is 5.97 Å². The van der Waals surface area contributed by atoms with E-state index < -0.39 is 17.8 Å². The zero-order chi connectivity index (χ0) is 23.5. The summed E-state index contributed by atoms with van der Waals surface area (Å²) in [7, 11) is 0. The molecule has 0 saturated carbocycles. The second-order valence-electron chi connectivity index (χ2n) is 7.08. The van der Waals surface area contributed by atoms with Gasteiger partial charge < -0.3 is 9.84 Å². The highest BCUT2D eigenvalue weighted by molar-refractivity contribution is 6.37. The zero-order valence-corrected chi connectivity index (χ0v) is 18.4. The number of anilines is 1. The number of para-hydroxylation sites is 1. The van der Waals surface area contributed by atoms with Crippen molar-refractivity contribution in [2.45, 2.75) is 6.61 Å². The smallest absolute Gasteiger partial charge is 0.335 e. The van der Waals surface area contributed by atoms with E-state index in [2.05, 4.69) is 5.43 Å². The van der Waals surface area contributed by atoms with Crippen LogP contribution in [0.2, 0.25) is 10.0 Å². The molecule has 2 amide bonds. The number of carbonyl (C=O) groups excluding carboxylic acids is 2. The Labute approximate surface area is 198 Å². The molecule has 2 N–H and O–H groups in total. The standard InChI is InChI=1S/C24H16Cl2N2O5/c25-19-11-15(10-18-22(29)27-28(23(18)30)17-7-2-1-3-8-17)12-20(26)21(19)33-13-14-5-4-6-16(9-14)24(31)32/h1-12H,13H2,(H,27,29)(H,31,32)/b18-10-. The summed E-state index contributed by atoms with van der Waals surface area (Å²) in [4.78, 5) is 36.2. The summed E-state index contributed by atoms with van der Waals surface area (Å²) < 4.78 is 5.70. The van der Waals surface area contributed by atoms with Crippen molar-refractivity contribution in [3.8, 4) is 5.75 Å². The lowest BCUT2D eigenvalue weighted by Gasteiger charge is -2.14. The van der Waals surface area contributed by atoms with E-state index in [1.54, 1.807) is 42.5 Å². The topological polar surface area (TPSA) is 95.9 Å². The molecule has 1 saturated heterocycles. The molecule has 1 heterocycles. The number of nitrogens with zero attached hydrogens (tertiary/aromatic N) is 1. The lowest BCUT2D eigenvalue weighted by Crippen LogP contribution is -2.35. The number of carboxylic acid groups (broad SMARTS) is 1. The van der Waals surface area contributed by atoms with Gasteiger partial charge in [0.15, 0.2) is 5.75 Å². The molecule has 0 aliphatic carbocycles. The average molecular weight is 483 g/mol. The summed E-state index contributed by atoms with van der Waals surface area (Å²) in [6.07, 6.45) is 1.40. The van der Waals surface area contributed by atoms with Crippen molar-refractivity contribution in [2.24, 2.45) is 0 Å². The minimum atomic E-state index is -1.04. The number of halogens is 2. The van der Waals surface area contributed by atoms with Crippen molar-refractivity contribution in [3.05, 3.63) is 99.0 Å². The van der Waals surface area contributed by atoms with Crippen molar-refractivity contribution >= 4 is 52.7 Å². The predicted molar refractivity (Wildman–Crippen MR) is 124 cm³/mol. The maximum Gasteiger partial charge on any atom is 0.335 e. The molecule has 0 atom stereocenters. The molecule has 33 heavy (non-hydrogen) atoms. The van der Waals surface area contributed by atoms with Crippen molar-refractivity contribution < 1.29 is 24.2 Å². The Morgan fingerprint density at radius 2 is 1.70 bits per heavy atom. The Hall–Kier alpha value is -3.81. The molecule has 1 fully saturated rings. The molecule has 9 heteroatoms. The number of hydrazine groups is 1. The van der Waals surface area contributed by atoms with Gasteiger partial charge in [0.05, 0.1) is 21.3 Å². The number of rotatable bonds is 6. The Morgan fingerprint density at radius 3 is 2.36 bits per heavy atom. The first kappa shape index (κ1) is 22.4. The number of amides is 2. The molecule has 0 spiro atoms. The molecule has 0 bridgehead atoms. The van der Waals surface area contributed by atoms with E-state index in [4.69, 9.17) is 33.0 Å². The maximum atomic E-state index is 12.7. The first-order valence-electron chi connectivity index (χ1n) is 9.70. The van der Waals surface area contributed by atoms with Crippen LogP contribution in [-0.4, -0.2) is 22.9 Å². The molecule has 166 valence electrons. The molecule has 1 aliphatic rings. The van der Waals surface area contributed by atoms with E-state index in [0.717, 1.165) is 0 Å². The number of hydrogen-bond donors (Lipinski definition) is 2. The van der Waals surface area contributed by atoms with E-state index in [-0.39, 0.29) is 33.5 Å². The van der Waals surface area contributed by atoms with E-state index in [1.807, 2.05) is 0 Å². The number of carbonyl (C=O) groups is 3.